The number of amides is 2. The molecule has 0 atom stereocenters. The van der Waals surface area contributed by atoms with Gasteiger partial charge in [-0.3, -0.25) is 9.59 Å². The van der Waals surface area contributed by atoms with Gasteiger partial charge in [-0.1, -0.05) is 23.7 Å². The molecule has 1 heterocycles. The standard InChI is InChI=1S/C16H13ClN2O2/c1-8-3-4-9(2)14-13(8)15(20)19(16(14)21)12-7-10(17)5-6-11(12)18/h3-7H,18H2,1-2H3. The van der Waals surface area contributed by atoms with Gasteiger partial charge in [0.15, 0.2) is 0 Å². The Bertz CT molecular complexity index is 758. The molecule has 0 fully saturated rings. The second-order valence-corrected chi connectivity index (χ2v) is 5.53. The highest BCUT2D eigenvalue weighted by Gasteiger charge is 2.39. The average molecular weight is 301 g/mol. The number of carbonyl (C=O) groups excluding carboxylic acids is 2. The van der Waals surface area contributed by atoms with Gasteiger partial charge in [0.2, 0.25) is 0 Å². The van der Waals surface area contributed by atoms with Crippen LogP contribution < -0.4 is 10.6 Å². The molecule has 1 aliphatic heterocycles. The minimum atomic E-state index is -0.356. The van der Waals surface area contributed by atoms with Gasteiger partial charge < -0.3 is 5.73 Å². The Morgan fingerprint density at radius 1 is 0.952 bits per heavy atom. The van der Waals surface area contributed by atoms with Crippen molar-refractivity contribution in [3.05, 3.63) is 57.6 Å². The number of fused-ring (bicyclic) bond motifs is 1. The van der Waals surface area contributed by atoms with E-state index in [4.69, 9.17) is 17.3 Å². The summed E-state index contributed by atoms with van der Waals surface area (Å²) < 4.78 is 0. The number of hydrogen-bond donors (Lipinski definition) is 1. The monoisotopic (exact) mass is 300 g/mol. The molecule has 3 rings (SSSR count). The highest BCUT2D eigenvalue weighted by molar-refractivity contribution is 6.37. The SMILES string of the molecule is Cc1ccc(C)c2c1C(=O)N(c1cc(Cl)ccc1N)C2=O. The normalized spacial score (nSPS) is 13.8. The molecule has 0 aliphatic carbocycles. The molecular weight excluding hydrogens is 288 g/mol. The van der Waals surface area contributed by atoms with E-state index in [1.807, 2.05) is 26.0 Å². The van der Waals surface area contributed by atoms with E-state index in [1.54, 1.807) is 12.1 Å². The maximum absolute atomic E-state index is 12.7. The summed E-state index contributed by atoms with van der Waals surface area (Å²) >= 11 is 5.96. The van der Waals surface area contributed by atoms with Crippen LogP contribution in [0.3, 0.4) is 0 Å². The van der Waals surface area contributed by atoms with Crippen molar-refractivity contribution in [2.75, 3.05) is 10.6 Å². The second-order valence-electron chi connectivity index (χ2n) is 5.10. The van der Waals surface area contributed by atoms with Crippen LogP contribution >= 0.6 is 11.6 Å². The third-order valence-electron chi connectivity index (χ3n) is 3.69. The van der Waals surface area contributed by atoms with Gasteiger partial charge in [-0.05, 0) is 43.2 Å². The fourth-order valence-corrected chi connectivity index (χ4v) is 2.77. The molecular formula is C16H13ClN2O2. The second kappa shape index (κ2) is 4.60. The molecule has 106 valence electrons. The largest absolute Gasteiger partial charge is 0.397 e. The molecule has 0 unspecified atom stereocenters. The number of nitrogens with zero attached hydrogens (tertiary/aromatic N) is 1. The lowest BCUT2D eigenvalue weighted by Gasteiger charge is -2.16. The van der Waals surface area contributed by atoms with Crippen LogP contribution in [0.1, 0.15) is 31.8 Å². The van der Waals surface area contributed by atoms with E-state index in [0.717, 1.165) is 16.0 Å². The summed E-state index contributed by atoms with van der Waals surface area (Å²) in [6.07, 6.45) is 0. The van der Waals surface area contributed by atoms with Crippen molar-refractivity contribution in [1.29, 1.82) is 0 Å². The Morgan fingerprint density at radius 2 is 1.48 bits per heavy atom. The fraction of sp³-hybridized carbons (Fsp3) is 0.125. The van der Waals surface area contributed by atoms with Crippen molar-refractivity contribution in [3.63, 3.8) is 0 Å². The summed E-state index contributed by atoms with van der Waals surface area (Å²) in [6, 6.07) is 8.41. The molecule has 0 bridgehead atoms. The minimum Gasteiger partial charge on any atom is -0.397 e. The number of nitrogens with two attached hydrogens (primary N) is 1. The van der Waals surface area contributed by atoms with Crippen LogP contribution in [0.2, 0.25) is 5.02 Å². The molecule has 0 aromatic heterocycles. The average Bonchev–Trinajstić information content (AvgIpc) is 2.70. The molecule has 2 aromatic carbocycles. The topological polar surface area (TPSA) is 63.4 Å². The molecule has 1 aliphatic rings. The third-order valence-corrected chi connectivity index (χ3v) is 3.92. The van der Waals surface area contributed by atoms with Crippen molar-refractivity contribution >= 4 is 34.8 Å². The Balaban J connectivity index is 2.23. The number of halogens is 1. The predicted molar refractivity (Wildman–Crippen MR) is 82.9 cm³/mol. The first-order chi connectivity index (χ1) is 9.91. The molecule has 0 saturated carbocycles. The molecule has 2 amide bonds. The zero-order valence-corrected chi connectivity index (χ0v) is 12.4. The van der Waals surface area contributed by atoms with Crippen LogP contribution in [-0.4, -0.2) is 11.8 Å². The van der Waals surface area contributed by atoms with Crippen molar-refractivity contribution in [3.8, 4) is 0 Å². The van der Waals surface area contributed by atoms with E-state index in [2.05, 4.69) is 0 Å². The van der Waals surface area contributed by atoms with Gasteiger partial charge in [0, 0.05) is 5.02 Å². The number of nitrogen functional groups attached to an aromatic ring is 1. The molecule has 2 aromatic rings. The van der Waals surface area contributed by atoms with Gasteiger partial charge >= 0.3 is 0 Å². The van der Waals surface area contributed by atoms with Gasteiger partial charge in [-0.25, -0.2) is 4.90 Å². The summed E-state index contributed by atoms with van der Waals surface area (Å²) in [6.45, 7) is 3.63. The van der Waals surface area contributed by atoms with Crippen molar-refractivity contribution < 1.29 is 9.59 Å². The first-order valence-electron chi connectivity index (χ1n) is 6.46. The summed E-state index contributed by atoms with van der Waals surface area (Å²) in [5, 5.41) is 0.421. The summed E-state index contributed by atoms with van der Waals surface area (Å²) in [5.41, 5.74) is 9.00. The van der Waals surface area contributed by atoms with Crippen LogP contribution in [-0.2, 0) is 0 Å². The van der Waals surface area contributed by atoms with Gasteiger partial charge in [-0.2, -0.15) is 0 Å². The minimum absolute atomic E-state index is 0.326. The summed E-state index contributed by atoms with van der Waals surface area (Å²) in [4.78, 5) is 26.4. The van der Waals surface area contributed by atoms with Crippen molar-refractivity contribution in [2.24, 2.45) is 0 Å². The van der Waals surface area contributed by atoms with E-state index in [-0.39, 0.29) is 11.8 Å². The zero-order valence-electron chi connectivity index (χ0n) is 11.6. The van der Waals surface area contributed by atoms with Crippen LogP contribution in [0.5, 0.6) is 0 Å². The Hall–Kier alpha value is -2.33. The van der Waals surface area contributed by atoms with Gasteiger partial charge in [-0.15, -0.1) is 0 Å². The Morgan fingerprint density at radius 3 is 2.00 bits per heavy atom. The summed E-state index contributed by atoms with van der Waals surface area (Å²) in [5.74, 6) is -0.713. The maximum Gasteiger partial charge on any atom is 0.266 e. The Labute approximate surface area is 127 Å². The number of anilines is 2. The number of imide groups is 1. The number of hydrogen-bond acceptors (Lipinski definition) is 3. The highest BCUT2D eigenvalue weighted by Crippen LogP contribution is 2.36. The van der Waals surface area contributed by atoms with Crippen LogP contribution in [0, 0.1) is 13.8 Å². The van der Waals surface area contributed by atoms with Gasteiger partial charge in [0.1, 0.15) is 0 Å². The number of aryl methyl sites for hydroxylation is 2. The van der Waals surface area contributed by atoms with Crippen LogP contribution in [0.4, 0.5) is 11.4 Å². The first kappa shape index (κ1) is 13.6. The van der Waals surface area contributed by atoms with Crippen LogP contribution in [0.25, 0.3) is 0 Å². The molecule has 21 heavy (non-hydrogen) atoms. The van der Waals surface area contributed by atoms with Crippen molar-refractivity contribution in [1.82, 2.24) is 0 Å². The maximum atomic E-state index is 12.7. The molecule has 0 spiro atoms. The lowest BCUT2D eigenvalue weighted by molar-refractivity contribution is 0.0926. The zero-order chi connectivity index (χ0) is 15.3. The van der Waals surface area contributed by atoms with E-state index < -0.39 is 0 Å². The van der Waals surface area contributed by atoms with E-state index in [9.17, 15) is 9.59 Å². The predicted octanol–water partition coefficient (Wildman–Crippen LogP) is 3.34. The smallest absolute Gasteiger partial charge is 0.266 e. The van der Waals surface area contributed by atoms with Gasteiger partial charge in [0.25, 0.3) is 11.8 Å². The van der Waals surface area contributed by atoms with Gasteiger partial charge in [0.05, 0.1) is 22.5 Å². The highest BCUT2D eigenvalue weighted by atomic mass is 35.5. The molecule has 2 N–H and O–H groups in total. The van der Waals surface area contributed by atoms with E-state index in [0.29, 0.717) is 27.5 Å². The molecule has 4 nitrogen and oxygen atoms in total. The molecule has 0 radical (unpaired) electrons. The molecule has 0 saturated heterocycles. The number of benzene rings is 2. The first-order valence-corrected chi connectivity index (χ1v) is 6.83. The molecule has 5 heteroatoms. The number of rotatable bonds is 1. The third kappa shape index (κ3) is 1.91. The lowest BCUT2D eigenvalue weighted by atomic mass is 9.99. The number of carbonyl (C=O) groups is 2. The van der Waals surface area contributed by atoms with Crippen LogP contribution in [0.15, 0.2) is 30.3 Å². The van der Waals surface area contributed by atoms with Crippen molar-refractivity contribution in [2.45, 2.75) is 13.8 Å². The fourth-order valence-electron chi connectivity index (χ4n) is 2.61. The quantitative estimate of drug-likeness (QED) is 0.649. The van der Waals surface area contributed by atoms with E-state index in [1.165, 1.54) is 6.07 Å². The lowest BCUT2D eigenvalue weighted by Crippen LogP contribution is -2.30. The van der Waals surface area contributed by atoms with E-state index >= 15 is 0 Å². The summed E-state index contributed by atoms with van der Waals surface area (Å²) in [7, 11) is 0. The Kier molecular flexibility index (Phi) is 2.99.